The number of carbonyl (C=O) groups is 1. The van der Waals surface area contributed by atoms with Crippen molar-refractivity contribution < 1.29 is 17.6 Å². The number of aryl methyl sites for hydroxylation is 1. The second-order valence-corrected chi connectivity index (χ2v) is 7.62. The number of rotatable bonds is 7. The Morgan fingerprint density at radius 2 is 2.19 bits per heavy atom. The quantitative estimate of drug-likeness (QED) is 0.661. The summed E-state index contributed by atoms with van der Waals surface area (Å²) in [7, 11) is -2.21. The summed E-state index contributed by atoms with van der Waals surface area (Å²) >= 11 is 0. The van der Waals surface area contributed by atoms with Crippen LogP contribution in [-0.2, 0) is 28.3 Å². The summed E-state index contributed by atoms with van der Waals surface area (Å²) in [6.45, 7) is 1.73. The van der Waals surface area contributed by atoms with Crippen LogP contribution in [0.1, 0.15) is 25.3 Å². The Hall–Kier alpha value is -2.68. The minimum Gasteiger partial charge on any atom is -0.351 e. The third-order valence-electron chi connectivity index (χ3n) is 4.21. The molecule has 7 nitrogen and oxygen atoms in total. The predicted molar refractivity (Wildman–Crippen MR) is 95.9 cm³/mol. The number of aromatic amines is 1. The van der Waals surface area contributed by atoms with Crippen molar-refractivity contribution in [2.24, 2.45) is 7.05 Å². The van der Waals surface area contributed by atoms with E-state index in [1.807, 2.05) is 0 Å². The fraction of sp³-hybridized carbons (Fsp3) is 0.294. The molecule has 3 aromatic rings. The summed E-state index contributed by atoms with van der Waals surface area (Å²) in [6, 6.07) is 4.50. The third kappa shape index (κ3) is 3.34. The summed E-state index contributed by atoms with van der Waals surface area (Å²) in [4.78, 5) is 18.3. The number of imidazole rings is 1. The standard InChI is InChI=1S/C17H19FN4O3S/c1-3-11(23)6-7-12-13(21-26(24,25)15-5-4-8-19-15)9-14-17(16(12)18)20-10-22(14)2/h4-5,8-10,19,21H,3,6-7H2,1-2H3. The van der Waals surface area contributed by atoms with Crippen LogP contribution >= 0.6 is 0 Å². The van der Waals surface area contributed by atoms with E-state index in [4.69, 9.17) is 0 Å². The minimum absolute atomic E-state index is 0.0244. The van der Waals surface area contributed by atoms with Crippen molar-refractivity contribution in [3.8, 4) is 0 Å². The van der Waals surface area contributed by atoms with E-state index in [-0.39, 0.29) is 40.4 Å². The molecule has 0 aliphatic heterocycles. The lowest BCUT2D eigenvalue weighted by Crippen LogP contribution is -2.16. The molecule has 0 radical (unpaired) electrons. The topological polar surface area (TPSA) is 96.8 Å². The summed E-state index contributed by atoms with van der Waals surface area (Å²) in [5.41, 5.74) is 0.844. The molecule has 2 heterocycles. The van der Waals surface area contributed by atoms with E-state index < -0.39 is 15.8 Å². The summed E-state index contributed by atoms with van der Waals surface area (Å²) in [5, 5.41) is -0.0291. The number of H-pyrrole nitrogens is 1. The number of halogens is 1. The van der Waals surface area contributed by atoms with E-state index in [0.29, 0.717) is 11.9 Å². The molecular formula is C17H19FN4O3S. The van der Waals surface area contributed by atoms with Crippen LogP contribution in [0.2, 0.25) is 0 Å². The molecule has 9 heteroatoms. The number of carbonyl (C=O) groups excluding carboxylic acids is 1. The molecule has 138 valence electrons. The molecule has 0 saturated carbocycles. The Balaban J connectivity index is 2.09. The average Bonchev–Trinajstić information content (AvgIpc) is 3.25. The van der Waals surface area contributed by atoms with Gasteiger partial charge in [0.25, 0.3) is 10.0 Å². The second-order valence-electron chi connectivity index (χ2n) is 5.97. The number of hydrogen-bond acceptors (Lipinski definition) is 4. The van der Waals surface area contributed by atoms with Gasteiger partial charge in [0.05, 0.1) is 17.5 Å². The van der Waals surface area contributed by atoms with Crippen LogP contribution in [0.4, 0.5) is 10.1 Å². The van der Waals surface area contributed by atoms with Crippen LogP contribution in [0, 0.1) is 5.82 Å². The number of nitrogens with one attached hydrogen (secondary N) is 2. The molecule has 0 spiro atoms. The van der Waals surface area contributed by atoms with Gasteiger partial charge in [-0.05, 0) is 24.6 Å². The van der Waals surface area contributed by atoms with Gasteiger partial charge in [-0.2, -0.15) is 8.42 Å². The van der Waals surface area contributed by atoms with Gasteiger partial charge in [-0.15, -0.1) is 0 Å². The number of sulfonamides is 1. The van der Waals surface area contributed by atoms with Gasteiger partial charge in [0.1, 0.15) is 11.3 Å². The van der Waals surface area contributed by atoms with Crippen LogP contribution in [0.3, 0.4) is 0 Å². The smallest absolute Gasteiger partial charge is 0.277 e. The van der Waals surface area contributed by atoms with Crippen LogP contribution < -0.4 is 4.72 Å². The monoisotopic (exact) mass is 378 g/mol. The normalized spacial score (nSPS) is 11.8. The van der Waals surface area contributed by atoms with Crippen molar-refractivity contribution >= 4 is 32.5 Å². The van der Waals surface area contributed by atoms with Crippen LogP contribution in [0.5, 0.6) is 0 Å². The maximum absolute atomic E-state index is 15.0. The Labute approximate surface area is 150 Å². The Bertz CT molecular complexity index is 1060. The first kappa shape index (κ1) is 18.1. The maximum atomic E-state index is 15.0. The number of aromatic nitrogens is 3. The molecule has 0 aliphatic carbocycles. The zero-order valence-corrected chi connectivity index (χ0v) is 15.2. The lowest BCUT2D eigenvalue weighted by atomic mass is 10.0. The highest BCUT2D eigenvalue weighted by molar-refractivity contribution is 7.92. The van der Waals surface area contributed by atoms with E-state index in [9.17, 15) is 17.6 Å². The van der Waals surface area contributed by atoms with E-state index in [1.54, 1.807) is 24.6 Å². The van der Waals surface area contributed by atoms with Crippen molar-refractivity contribution in [1.82, 2.24) is 14.5 Å². The van der Waals surface area contributed by atoms with Crippen molar-refractivity contribution in [3.63, 3.8) is 0 Å². The molecule has 1 aromatic carbocycles. The van der Waals surface area contributed by atoms with Crippen molar-refractivity contribution in [1.29, 1.82) is 0 Å². The fourth-order valence-electron chi connectivity index (χ4n) is 2.72. The molecule has 0 bridgehead atoms. The molecule has 2 aromatic heterocycles. The Morgan fingerprint density at radius 1 is 1.42 bits per heavy atom. The lowest BCUT2D eigenvalue weighted by molar-refractivity contribution is -0.118. The SMILES string of the molecule is CCC(=O)CCc1c(NS(=O)(=O)c2ccc[nH]2)cc2c(ncn2C)c1F. The van der Waals surface area contributed by atoms with E-state index >= 15 is 0 Å². The van der Waals surface area contributed by atoms with Crippen LogP contribution in [-0.4, -0.2) is 28.7 Å². The van der Waals surface area contributed by atoms with Gasteiger partial charge < -0.3 is 9.55 Å². The molecule has 0 unspecified atom stereocenters. The molecule has 2 N–H and O–H groups in total. The molecule has 3 rings (SSSR count). The predicted octanol–water partition coefficient (Wildman–Crippen LogP) is 2.75. The first-order chi connectivity index (χ1) is 12.3. The molecular weight excluding hydrogens is 359 g/mol. The van der Waals surface area contributed by atoms with Gasteiger partial charge >= 0.3 is 0 Å². The highest BCUT2D eigenvalue weighted by atomic mass is 32.2. The molecule has 0 fully saturated rings. The summed E-state index contributed by atoms with van der Waals surface area (Å²) in [6.07, 6.45) is 3.51. The first-order valence-electron chi connectivity index (χ1n) is 8.13. The highest BCUT2D eigenvalue weighted by Crippen LogP contribution is 2.30. The van der Waals surface area contributed by atoms with Crippen LogP contribution in [0.25, 0.3) is 11.0 Å². The summed E-state index contributed by atoms with van der Waals surface area (Å²) in [5.74, 6) is -0.639. The number of hydrogen-bond donors (Lipinski definition) is 2. The van der Waals surface area contributed by atoms with Gasteiger partial charge in [0.15, 0.2) is 10.8 Å². The number of anilines is 1. The molecule has 0 saturated heterocycles. The zero-order valence-electron chi connectivity index (χ0n) is 14.4. The Morgan fingerprint density at radius 3 is 2.85 bits per heavy atom. The van der Waals surface area contributed by atoms with Gasteiger partial charge in [0.2, 0.25) is 0 Å². The van der Waals surface area contributed by atoms with Crippen molar-refractivity contribution in [3.05, 3.63) is 42.1 Å². The van der Waals surface area contributed by atoms with Gasteiger partial charge in [-0.25, -0.2) is 9.37 Å². The second kappa shape index (κ2) is 6.91. The summed E-state index contributed by atoms with van der Waals surface area (Å²) < 4.78 is 44.1. The lowest BCUT2D eigenvalue weighted by Gasteiger charge is -2.14. The molecule has 0 atom stereocenters. The molecule has 0 aliphatic rings. The van der Waals surface area contributed by atoms with E-state index in [2.05, 4.69) is 14.7 Å². The highest BCUT2D eigenvalue weighted by Gasteiger charge is 2.22. The van der Waals surface area contributed by atoms with Gasteiger partial charge in [-0.3, -0.25) is 9.52 Å². The number of nitrogens with zero attached hydrogens (tertiary/aromatic N) is 2. The van der Waals surface area contributed by atoms with Crippen molar-refractivity contribution in [2.45, 2.75) is 31.2 Å². The molecule has 0 amide bonds. The van der Waals surface area contributed by atoms with Crippen molar-refractivity contribution in [2.75, 3.05) is 4.72 Å². The number of fused-ring (bicyclic) bond motifs is 1. The molecule has 26 heavy (non-hydrogen) atoms. The minimum atomic E-state index is -3.90. The fourth-order valence-corrected chi connectivity index (χ4v) is 3.78. The van der Waals surface area contributed by atoms with Gasteiger partial charge in [0, 0.05) is 31.6 Å². The van der Waals surface area contributed by atoms with Crippen LogP contribution in [0.15, 0.2) is 35.7 Å². The van der Waals surface area contributed by atoms with Gasteiger partial charge in [-0.1, -0.05) is 6.92 Å². The Kier molecular flexibility index (Phi) is 4.82. The maximum Gasteiger partial charge on any atom is 0.277 e. The van der Waals surface area contributed by atoms with E-state index in [0.717, 1.165) is 0 Å². The average molecular weight is 378 g/mol. The zero-order chi connectivity index (χ0) is 18.9. The number of ketones is 1. The number of Topliss-reactive ketones (excluding diaryl/α,β-unsaturated/α-hetero) is 1. The largest absolute Gasteiger partial charge is 0.351 e. The first-order valence-corrected chi connectivity index (χ1v) is 9.62. The number of benzene rings is 1. The van der Waals surface area contributed by atoms with E-state index in [1.165, 1.54) is 24.7 Å². The third-order valence-corrected chi connectivity index (χ3v) is 5.53.